The molecule has 5 rings (SSSR count). The van der Waals surface area contributed by atoms with E-state index in [0.29, 0.717) is 43.5 Å². The Kier molecular flexibility index (Phi) is 5.75. The molecule has 10 heteroatoms. The molecule has 1 saturated heterocycles. The molecule has 0 aliphatic carbocycles. The highest BCUT2D eigenvalue weighted by atomic mass is 35.5. The predicted molar refractivity (Wildman–Crippen MR) is 129 cm³/mol. The van der Waals surface area contributed by atoms with Crippen molar-refractivity contribution in [2.24, 2.45) is 0 Å². The molecular formula is C23H17Cl3N6O. The van der Waals surface area contributed by atoms with Gasteiger partial charge in [0.25, 0.3) is 0 Å². The van der Waals surface area contributed by atoms with Crippen LogP contribution in [0.15, 0.2) is 36.8 Å². The maximum atomic E-state index is 9.65. The minimum Gasteiger partial charge on any atom is -0.484 e. The Morgan fingerprint density at radius 2 is 1.85 bits per heavy atom. The fourth-order valence-corrected chi connectivity index (χ4v) is 4.72. The van der Waals surface area contributed by atoms with Crippen molar-refractivity contribution in [1.82, 2.24) is 20.2 Å². The highest BCUT2D eigenvalue weighted by Crippen LogP contribution is 2.39. The summed E-state index contributed by atoms with van der Waals surface area (Å²) in [7, 11) is 0. The van der Waals surface area contributed by atoms with E-state index in [1.54, 1.807) is 12.3 Å². The van der Waals surface area contributed by atoms with Gasteiger partial charge in [0, 0.05) is 48.2 Å². The van der Waals surface area contributed by atoms with Crippen molar-refractivity contribution in [2.75, 3.05) is 18.0 Å². The molecule has 0 radical (unpaired) electrons. The predicted octanol–water partition coefficient (Wildman–Crippen LogP) is 6.20. The van der Waals surface area contributed by atoms with Gasteiger partial charge in [0.05, 0.1) is 26.1 Å². The van der Waals surface area contributed by atoms with E-state index >= 15 is 0 Å². The van der Waals surface area contributed by atoms with Crippen molar-refractivity contribution in [1.29, 1.82) is 5.26 Å². The number of halogens is 3. The highest BCUT2D eigenvalue weighted by molar-refractivity contribution is 6.36. The van der Waals surface area contributed by atoms with Crippen LogP contribution in [0.3, 0.4) is 0 Å². The van der Waals surface area contributed by atoms with Gasteiger partial charge in [-0.15, -0.1) is 0 Å². The largest absolute Gasteiger partial charge is 0.484 e. The summed E-state index contributed by atoms with van der Waals surface area (Å²) < 4.78 is 6.13. The molecule has 1 N–H and O–H groups in total. The second kappa shape index (κ2) is 8.71. The Balaban J connectivity index is 1.53. The topological polar surface area (TPSA) is 90.7 Å². The van der Waals surface area contributed by atoms with Gasteiger partial charge in [-0.05, 0) is 31.5 Å². The van der Waals surface area contributed by atoms with Crippen LogP contribution in [0, 0.1) is 11.3 Å². The molecule has 1 atom stereocenters. The lowest BCUT2D eigenvalue weighted by Gasteiger charge is -2.32. The average molecular weight is 500 g/mol. The van der Waals surface area contributed by atoms with E-state index in [0.717, 1.165) is 36.0 Å². The number of nitriles is 1. The summed E-state index contributed by atoms with van der Waals surface area (Å²) >= 11 is 19.0. The van der Waals surface area contributed by atoms with Crippen LogP contribution in [-0.2, 0) is 0 Å². The van der Waals surface area contributed by atoms with E-state index in [4.69, 9.17) is 39.5 Å². The van der Waals surface area contributed by atoms with Gasteiger partial charge in [0.15, 0.2) is 0 Å². The van der Waals surface area contributed by atoms with Crippen LogP contribution in [0.4, 0.5) is 5.82 Å². The smallest absolute Gasteiger partial charge is 0.146 e. The molecule has 166 valence electrons. The number of aromatic nitrogens is 4. The first-order chi connectivity index (χ1) is 16.0. The summed E-state index contributed by atoms with van der Waals surface area (Å²) in [5.74, 6) is 1.16. The number of hydrogen-bond donors (Lipinski definition) is 1. The van der Waals surface area contributed by atoms with Crippen LogP contribution in [0.1, 0.15) is 30.6 Å². The molecule has 0 spiro atoms. The number of H-pyrrole nitrogens is 1. The highest BCUT2D eigenvalue weighted by Gasteiger charge is 2.22. The van der Waals surface area contributed by atoms with Crippen molar-refractivity contribution in [3.05, 3.63) is 63.0 Å². The zero-order chi connectivity index (χ0) is 23.1. The molecule has 4 heterocycles. The van der Waals surface area contributed by atoms with E-state index < -0.39 is 6.10 Å². The molecule has 0 amide bonds. The molecule has 1 aromatic carbocycles. The Labute approximate surface area is 204 Å². The monoisotopic (exact) mass is 498 g/mol. The van der Waals surface area contributed by atoms with Crippen LogP contribution < -0.4 is 9.64 Å². The van der Waals surface area contributed by atoms with Crippen molar-refractivity contribution < 1.29 is 4.74 Å². The first kappa shape index (κ1) is 21.8. The molecule has 0 bridgehead atoms. The molecule has 3 aromatic heterocycles. The van der Waals surface area contributed by atoms with E-state index in [9.17, 15) is 5.26 Å². The second-order valence-electron chi connectivity index (χ2n) is 7.72. The van der Waals surface area contributed by atoms with Gasteiger partial charge in [-0.3, -0.25) is 10.1 Å². The Hall–Kier alpha value is -3.05. The number of rotatable bonds is 5. The number of nitrogens with zero attached hydrogens (tertiary/aromatic N) is 5. The summed E-state index contributed by atoms with van der Waals surface area (Å²) in [5, 5.41) is 19.1. The number of nitrogens with one attached hydrogen (secondary N) is 1. The van der Waals surface area contributed by atoms with E-state index in [-0.39, 0.29) is 0 Å². The lowest BCUT2D eigenvalue weighted by Crippen LogP contribution is -2.38. The van der Waals surface area contributed by atoms with Gasteiger partial charge in [0.2, 0.25) is 0 Å². The molecule has 1 fully saturated rings. The number of fused-ring (bicyclic) bond motifs is 1. The molecule has 0 saturated carbocycles. The third kappa shape index (κ3) is 3.95. The first-order valence-electron chi connectivity index (χ1n) is 10.2. The zero-order valence-corrected chi connectivity index (χ0v) is 19.7. The molecule has 0 unspecified atom stereocenters. The second-order valence-corrected chi connectivity index (χ2v) is 8.95. The lowest BCUT2D eigenvalue weighted by molar-refractivity contribution is 0.227. The fraction of sp³-hybridized carbons (Fsp3) is 0.217. The van der Waals surface area contributed by atoms with Gasteiger partial charge >= 0.3 is 0 Å². The van der Waals surface area contributed by atoms with Crippen molar-refractivity contribution >= 4 is 51.5 Å². The number of hydrogen-bond acceptors (Lipinski definition) is 6. The standard InChI is InChI=1S/C23H17Cl3N6O/c1-12(21-17(25)10-28-11-18(21)26)33-20-6-15-19(7-16(20)24)30-31-22(15)14-5-13(8-27)23(29-9-14)32-3-2-4-32/h5-7,9-12H,2-4H2,1H3,(H,30,31)/t12-/m1/s1. The minimum atomic E-state index is -0.471. The molecule has 4 aromatic rings. The summed E-state index contributed by atoms with van der Waals surface area (Å²) in [5.41, 5.74) is 3.26. The summed E-state index contributed by atoms with van der Waals surface area (Å²) in [6.07, 6.45) is 5.41. The normalized spacial score (nSPS) is 14.1. The average Bonchev–Trinajstić information content (AvgIpc) is 3.15. The van der Waals surface area contributed by atoms with Crippen LogP contribution >= 0.6 is 34.8 Å². The number of benzene rings is 1. The first-order valence-corrected chi connectivity index (χ1v) is 11.4. The number of aromatic amines is 1. The van der Waals surface area contributed by atoms with E-state index in [1.165, 1.54) is 12.4 Å². The van der Waals surface area contributed by atoms with Crippen molar-refractivity contribution in [2.45, 2.75) is 19.4 Å². The third-order valence-electron chi connectivity index (χ3n) is 5.63. The van der Waals surface area contributed by atoms with Crippen LogP contribution in [-0.4, -0.2) is 33.3 Å². The van der Waals surface area contributed by atoms with E-state index in [1.807, 2.05) is 19.1 Å². The SMILES string of the molecule is C[C@@H](Oc1cc2c(-c3cnc(N4CCC4)c(C#N)c3)n[nH]c2cc1Cl)c1c(Cl)cncc1Cl. The quantitative estimate of drug-likeness (QED) is 0.351. The van der Waals surface area contributed by atoms with Gasteiger partial charge < -0.3 is 9.64 Å². The van der Waals surface area contributed by atoms with Gasteiger partial charge in [-0.2, -0.15) is 10.4 Å². The summed E-state index contributed by atoms with van der Waals surface area (Å²) in [4.78, 5) is 10.6. The minimum absolute atomic E-state index is 0.411. The molecular weight excluding hydrogens is 483 g/mol. The maximum absolute atomic E-state index is 9.65. The van der Waals surface area contributed by atoms with E-state index in [2.05, 4.69) is 31.1 Å². The molecule has 1 aliphatic rings. The van der Waals surface area contributed by atoms with Crippen LogP contribution in [0.5, 0.6) is 5.75 Å². The summed E-state index contributed by atoms with van der Waals surface area (Å²) in [6.45, 7) is 3.66. The lowest BCUT2D eigenvalue weighted by atomic mass is 10.1. The Bertz CT molecular complexity index is 1390. The van der Waals surface area contributed by atoms with Gasteiger partial charge in [0.1, 0.15) is 29.4 Å². The van der Waals surface area contributed by atoms with Crippen LogP contribution in [0.2, 0.25) is 15.1 Å². The fourth-order valence-electron chi connectivity index (χ4n) is 3.84. The number of ether oxygens (including phenoxy) is 1. The van der Waals surface area contributed by atoms with Gasteiger partial charge in [-0.1, -0.05) is 34.8 Å². The Morgan fingerprint density at radius 1 is 1.09 bits per heavy atom. The van der Waals surface area contributed by atoms with Crippen molar-refractivity contribution in [3.8, 4) is 23.1 Å². The molecule has 33 heavy (non-hydrogen) atoms. The molecule has 1 aliphatic heterocycles. The van der Waals surface area contributed by atoms with Crippen molar-refractivity contribution in [3.63, 3.8) is 0 Å². The van der Waals surface area contributed by atoms with Crippen LogP contribution in [0.25, 0.3) is 22.2 Å². The third-order valence-corrected chi connectivity index (χ3v) is 6.53. The maximum Gasteiger partial charge on any atom is 0.146 e. The number of anilines is 1. The Morgan fingerprint density at radius 3 is 2.52 bits per heavy atom. The number of pyridine rings is 2. The van der Waals surface area contributed by atoms with Gasteiger partial charge in [-0.25, -0.2) is 4.98 Å². The molecule has 7 nitrogen and oxygen atoms in total. The summed E-state index contributed by atoms with van der Waals surface area (Å²) in [6, 6.07) is 7.62. The zero-order valence-electron chi connectivity index (χ0n) is 17.4.